The molecule has 0 aliphatic heterocycles. The molecule has 1 rings (SSSR count). The van der Waals surface area contributed by atoms with Gasteiger partial charge in [-0.15, -0.1) is 0 Å². The average molecular weight is 245 g/mol. The van der Waals surface area contributed by atoms with Crippen molar-refractivity contribution in [3.8, 4) is 5.88 Å². The SMILES string of the molecule is COC(C)(C)CCOc1ncnc(Cl)c1C. The summed E-state index contributed by atoms with van der Waals surface area (Å²) >= 11 is 5.85. The lowest BCUT2D eigenvalue weighted by atomic mass is 10.1. The highest BCUT2D eigenvalue weighted by atomic mass is 35.5. The lowest BCUT2D eigenvalue weighted by Gasteiger charge is -2.22. The van der Waals surface area contributed by atoms with Crippen LogP contribution in [0, 0.1) is 6.92 Å². The molecular formula is C11H17ClN2O2. The fourth-order valence-electron chi connectivity index (χ4n) is 1.05. The number of rotatable bonds is 5. The summed E-state index contributed by atoms with van der Waals surface area (Å²) in [5, 5.41) is 0.427. The minimum Gasteiger partial charge on any atom is -0.477 e. The van der Waals surface area contributed by atoms with E-state index < -0.39 is 0 Å². The van der Waals surface area contributed by atoms with Gasteiger partial charge >= 0.3 is 0 Å². The summed E-state index contributed by atoms with van der Waals surface area (Å²) in [5.74, 6) is 0.534. The zero-order valence-electron chi connectivity index (χ0n) is 10.1. The molecular weight excluding hydrogens is 228 g/mol. The third-order valence-corrected chi connectivity index (χ3v) is 2.85. The maximum absolute atomic E-state index is 5.85. The zero-order chi connectivity index (χ0) is 12.2. The molecule has 0 saturated heterocycles. The van der Waals surface area contributed by atoms with Crippen LogP contribution in [0.1, 0.15) is 25.8 Å². The number of hydrogen-bond donors (Lipinski definition) is 0. The standard InChI is InChI=1S/C11H17ClN2O2/c1-8-9(12)13-7-14-10(8)16-6-5-11(2,3)15-4/h7H,5-6H2,1-4H3. The van der Waals surface area contributed by atoms with E-state index in [2.05, 4.69) is 9.97 Å². The minimum atomic E-state index is -0.190. The van der Waals surface area contributed by atoms with Crippen LogP contribution in [0.4, 0.5) is 0 Å². The van der Waals surface area contributed by atoms with Crippen molar-refractivity contribution in [2.75, 3.05) is 13.7 Å². The monoisotopic (exact) mass is 244 g/mol. The van der Waals surface area contributed by atoms with Crippen LogP contribution in [0.5, 0.6) is 5.88 Å². The Labute approximate surface area is 101 Å². The van der Waals surface area contributed by atoms with E-state index in [1.165, 1.54) is 6.33 Å². The molecule has 0 spiro atoms. The van der Waals surface area contributed by atoms with Crippen molar-refractivity contribution in [2.24, 2.45) is 0 Å². The molecule has 4 nitrogen and oxygen atoms in total. The Balaban J connectivity index is 2.53. The van der Waals surface area contributed by atoms with Gasteiger partial charge in [-0.2, -0.15) is 0 Å². The Morgan fingerprint density at radius 2 is 2.06 bits per heavy atom. The van der Waals surface area contributed by atoms with E-state index in [0.717, 1.165) is 12.0 Å². The van der Waals surface area contributed by atoms with Crippen molar-refractivity contribution in [1.29, 1.82) is 0 Å². The summed E-state index contributed by atoms with van der Waals surface area (Å²) in [6.45, 7) is 6.39. The fraction of sp³-hybridized carbons (Fsp3) is 0.636. The molecule has 0 N–H and O–H groups in total. The molecule has 0 aliphatic rings. The second kappa shape index (κ2) is 5.46. The molecule has 1 heterocycles. The summed E-state index contributed by atoms with van der Waals surface area (Å²) < 4.78 is 10.8. The molecule has 1 aromatic heterocycles. The third-order valence-electron chi connectivity index (χ3n) is 2.47. The van der Waals surface area contributed by atoms with Crippen LogP contribution in [0.3, 0.4) is 0 Å². The Morgan fingerprint density at radius 3 is 2.69 bits per heavy atom. The van der Waals surface area contributed by atoms with Crippen molar-refractivity contribution in [3.05, 3.63) is 17.0 Å². The van der Waals surface area contributed by atoms with Crippen LogP contribution in [-0.2, 0) is 4.74 Å². The number of ether oxygens (including phenoxy) is 2. The molecule has 16 heavy (non-hydrogen) atoms. The van der Waals surface area contributed by atoms with E-state index in [-0.39, 0.29) is 5.60 Å². The van der Waals surface area contributed by atoms with E-state index in [4.69, 9.17) is 21.1 Å². The van der Waals surface area contributed by atoms with Crippen LogP contribution >= 0.6 is 11.6 Å². The summed E-state index contributed by atoms with van der Waals surface area (Å²) in [4.78, 5) is 7.89. The van der Waals surface area contributed by atoms with Crippen molar-refractivity contribution in [2.45, 2.75) is 32.8 Å². The summed E-state index contributed by atoms with van der Waals surface area (Å²) in [6, 6.07) is 0. The van der Waals surface area contributed by atoms with Crippen LogP contribution in [-0.4, -0.2) is 29.3 Å². The topological polar surface area (TPSA) is 44.2 Å². The first kappa shape index (κ1) is 13.2. The minimum absolute atomic E-state index is 0.190. The zero-order valence-corrected chi connectivity index (χ0v) is 10.8. The summed E-state index contributed by atoms with van der Waals surface area (Å²) in [5.41, 5.74) is 0.574. The van der Waals surface area contributed by atoms with Gasteiger partial charge in [0.2, 0.25) is 5.88 Å². The van der Waals surface area contributed by atoms with Gasteiger partial charge in [-0.25, -0.2) is 9.97 Å². The first-order valence-corrected chi connectivity index (χ1v) is 5.49. The summed E-state index contributed by atoms with van der Waals surface area (Å²) in [6.07, 6.45) is 2.18. The highest BCUT2D eigenvalue weighted by Gasteiger charge is 2.16. The number of nitrogens with zero attached hydrogens (tertiary/aromatic N) is 2. The van der Waals surface area contributed by atoms with Crippen molar-refractivity contribution in [3.63, 3.8) is 0 Å². The lowest BCUT2D eigenvalue weighted by molar-refractivity contribution is 0.00501. The van der Waals surface area contributed by atoms with Gasteiger partial charge in [-0.1, -0.05) is 11.6 Å². The van der Waals surface area contributed by atoms with Crippen LogP contribution in [0.25, 0.3) is 0 Å². The maximum atomic E-state index is 5.85. The molecule has 0 saturated carbocycles. The molecule has 0 atom stereocenters. The number of methoxy groups -OCH3 is 1. The molecule has 90 valence electrons. The van der Waals surface area contributed by atoms with Gasteiger partial charge in [-0.3, -0.25) is 0 Å². The van der Waals surface area contributed by atoms with E-state index in [0.29, 0.717) is 17.6 Å². The maximum Gasteiger partial charge on any atom is 0.220 e. The number of hydrogen-bond acceptors (Lipinski definition) is 4. The molecule has 0 unspecified atom stereocenters. The number of aromatic nitrogens is 2. The Hall–Kier alpha value is -0.870. The van der Waals surface area contributed by atoms with Gasteiger partial charge < -0.3 is 9.47 Å². The number of halogens is 1. The highest BCUT2D eigenvalue weighted by Crippen LogP contribution is 2.21. The van der Waals surface area contributed by atoms with E-state index in [1.807, 2.05) is 20.8 Å². The largest absolute Gasteiger partial charge is 0.477 e. The molecule has 0 radical (unpaired) electrons. The smallest absolute Gasteiger partial charge is 0.220 e. The molecule has 0 aliphatic carbocycles. The lowest BCUT2D eigenvalue weighted by Crippen LogP contribution is -2.25. The van der Waals surface area contributed by atoms with E-state index in [1.54, 1.807) is 7.11 Å². The Bertz CT molecular complexity index is 356. The quantitative estimate of drug-likeness (QED) is 0.747. The molecule has 0 amide bonds. The Morgan fingerprint density at radius 1 is 1.38 bits per heavy atom. The molecule has 0 bridgehead atoms. The Kier molecular flexibility index (Phi) is 4.50. The van der Waals surface area contributed by atoms with Crippen molar-refractivity contribution >= 4 is 11.6 Å². The van der Waals surface area contributed by atoms with E-state index >= 15 is 0 Å². The molecule has 0 aromatic carbocycles. The molecule has 1 aromatic rings. The van der Waals surface area contributed by atoms with E-state index in [9.17, 15) is 0 Å². The fourth-order valence-corrected chi connectivity index (χ4v) is 1.18. The van der Waals surface area contributed by atoms with Gasteiger partial charge in [0, 0.05) is 19.1 Å². The van der Waals surface area contributed by atoms with Crippen molar-refractivity contribution in [1.82, 2.24) is 9.97 Å². The molecule has 0 fully saturated rings. The van der Waals surface area contributed by atoms with Gasteiger partial charge in [-0.05, 0) is 20.8 Å². The van der Waals surface area contributed by atoms with Gasteiger partial charge in [0.15, 0.2) is 0 Å². The summed E-state index contributed by atoms with van der Waals surface area (Å²) in [7, 11) is 1.69. The van der Waals surface area contributed by atoms with Gasteiger partial charge in [0.25, 0.3) is 0 Å². The van der Waals surface area contributed by atoms with Gasteiger partial charge in [0.05, 0.1) is 12.2 Å². The van der Waals surface area contributed by atoms with Crippen LogP contribution < -0.4 is 4.74 Å². The molecule has 5 heteroatoms. The predicted molar refractivity (Wildman–Crippen MR) is 63.0 cm³/mol. The second-order valence-electron chi connectivity index (χ2n) is 4.16. The first-order valence-electron chi connectivity index (χ1n) is 5.11. The highest BCUT2D eigenvalue weighted by molar-refractivity contribution is 6.30. The van der Waals surface area contributed by atoms with Gasteiger partial charge in [0.1, 0.15) is 11.5 Å². The second-order valence-corrected chi connectivity index (χ2v) is 4.51. The van der Waals surface area contributed by atoms with Crippen LogP contribution in [0.15, 0.2) is 6.33 Å². The van der Waals surface area contributed by atoms with Crippen LogP contribution in [0.2, 0.25) is 5.15 Å². The first-order chi connectivity index (χ1) is 7.46. The average Bonchev–Trinajstić information content (AvgIpc) is 2.24. The van der Waals surface area contributed by atoms with Crippen molar-refractivity contribution < 1.29 is 9.47 Å². The third kappa shape index (κ3) is 3.61. The normalized spacial score (nSPS) is 11.6. The predicted octanol–water partition coefficient (Wildman–Crippen LogP) is 2.63.